The van der Waals surface area contributed by atoms with Crippen LogP contribution in [0.2, 0.25) is 0 Å². The van der Waals surface area contributed by atoms with E-state index < -0.39 is 4.92 Å². The van der Waals surface area contributed by atoms with E-state index in [2.05, 4.69) is 10.3 Å². The van der Waals surface area contributed by atoms with Crippen molar-refractivity contribution < 1.29 is 9.31 Å². The van der Waals surface area contributed by atoms with Gasteiger partial charge in [-0.3, -0.25) is 15.1 Å². The van der Waals surface area contributed by atoms with Crippen LogP contribution in [0.4, 0.5) is 15.8 Å². The lowest BCUT2D eigenvalue weighted by molar-refractivity contribution is -0.384. The van der Waals surface area contributed by atoms with Crippen molar-refractivity contribution in [2.45, 2.75) is 6.42 Å². The van der Waals surface area contributed by atoms with E-state index in [4.69, 9.17) is 0 Å². The fourth-order valence-electron chi connectivity index (χ4n) is 1.67. The topological polar surface area (TPSA) is 68.1 Å². The molecule has 0 aliphatic carbocycles. The summed E-state index contributed by atoms with van der Waals surface area (Å²) in [7, 11) is 0. The molecule has 0 atom stereocenters. The highest BCUT2D eigenvalue weighted by atomic mass is 19.1. The van der Waals surface area contributed by atoms with Crippen LogP contribution in [-0.2, 0) is 6.42 Å². The summed E-state index contributed by atoms with van der Waals surface area (Å²) < 4.78 is 12.7. The second-order valence-corrected chi connectivity index (χ2v) is 3.95. The van der Waals surface area contributed by atoms with Crippen LogP contribution in [0.1, 0.15) is 5.56 Å². The molecule has 1 N–H and O–H groups in total. The molecule has 0 aliphatic rings. The molecule has 5 nitrogen and oxygen atoms in total. The Bertz CT molecular complexity index is 572. The molecule has 2 aromatic rings. The van der Waals surface area contributed by atoms with Gasteiger partial charge < -0.3 is 5.32 Å². The van der Waals surface area contributed by atoms with Gasteiger partial charge in [0.1, 0.15) is 17.7 Å². The van der Waals surface area contributed by atoms with Crippen LogP contribution in [0.5, 0.6) is 0 Å². The van der Waals surface area contributed by atoms with E-state index in [0.29, 0.717) is 18.7 Å². The van der Waals surface area contributed by atoms with Crippen molar-refractivity contribution in [2.24, 2.45) is 0 Å². The number of hydrogen-bond donors (Lipinski definition) is 1. The number of nitro groups is 1. The van der Waals surface area contributed by atoms with Gasteiger partial charge in [0, 0.05) is 12.7 Å². The molecular weight excluding hydrogens is 249 g/mol. The van der Waals surface area contributed by atoms with Crippen LogP contribution in [0.15, 0.2) is 42.7 Å². The molecule has 1 aromatic heterocycles. The van der Waals surface area contributed by atoms with Crippen molar-refractivity contribution in [1.29, 1.82) is 0 Å². The molecule has 0 unspecified atom stereocenters. The van der Waals surface area contributed by atoms with Gasteiger partial charge in [0.15, 0.2) is 0 Å². The summed E-state index contributed by atoms with van der Waals surface area (Å²) in [6.07, 6.45) is 3.35. The van der Waals surface area contributed by atoms with Gasteiger partial charge in [-0.1, -0.05) is 12.1 Å². The number of rotatable bonds is 5. The first-order chi connectivity index (χ1) is 9.16. The maximum absolute atomic E-state index is 12.7. The Morgan fingerprint density at radius 2 is 2.00 bits per heavy atom. The van der Waals surface area contributed by atoms with Gasteiger partial charge in [-0.05, 0) is 30.2 Å². The molecule has 0 radical (unpaired) electrons. The van der Waals surface area contributed by atoms with Crippen LogP contribution >= 0.6 is 0 Å². The maximum atomic E-state index is 12.7. The first-order valence-electron chi connectivity index (χ1n) is 5.73. The van der Waals surface area contributed by atoms with Crippen molar-refractivity contribution >= 4 is 11.4 Å². The maximum Gasteiger partial charge on any atom is 0.310 e. The predicted molar refractivity (Wildman–Crippen MR) is 69.5 cm³/mol. The molecule has 0 saturated heterocycles. The molecule has 19 heavy (non-hydrogen) atoms. The molecule has 0 fully saturated rings. The number of nitrogens with one attached hydrogen (secondary N) is 1. The molecule has 6 heteroatoms. The Balaban J connectivity index is 1.96. The van der Waals surface area contributed by atoms with E-state index in [1.54, 1.807) is 18.2 Å². The molecule has 1 aromatic carbocycles. The lowest BCUT2D eigenvalue weighted by Crippen LogP contribution is -2.07. The predicted octanol–water partition coefficient (Wildman–Crippen LogP) is 2.78. The van der Waals surface area contributed by atoms with E-state index in [1.807, 2.05) is 0 Å². The third kappa shape index (κ3) is 3.48. The Morgan fingerprint density at radius 1 is 1.26 bits per heavy atom. The van der Waals surface area contributed by atoms with Crippen LogP contribution in [0.3, 0.4) is 0 Å². The average molecular weight is 261 g/mol. The van der Waals surface area contributed by atoms with Gasteiger partial charge in [0.2, 0.25) is 0 Å². The van der Waals surface area contributed by atoms with E-state index in [-0.39, 0.29) is 11.5 Å². The number of anilines is 1. The summed E-state index contributed by atoms with van der Waals surface area (Å²) in [4.78, 5) is 14.0. The summed E-state index contributed by atoms with van der Waals surface area (Å²) >= 11 is 0. The molecule has 0 bridgehead atoms. The summed E-state index contributed by atoms with van der Waals surface area (Å²) in [5, 5.41) is 13.8. The third-order valence-corrected chi connectivity index (χ3v) is 2.64. The second kappa shape index (κ2) is 5.90. The number of nitrogens with zero attached hydrogens (tertiary/aromatic N) is 2. The smallest absolute Gasteiger partial charge is 0.310 e. The van der Waals surface area contributed by atoms with E-state index in [9.17, 15) is 14.5 Å². The Labute approximate surface area is 109 Å². The third-order valence-electron chi connectivity index (χ3n) is 2.64. The zero-order valence-corrected chi connectivity index (χ0v) is 10.0. The number of aromatic nitrogens is 1. The van der Waals surface area contributed by atoms with Gasteiger partial charge in [-0.15, -0.1) is 0 Å². The molecule has 2 rings (SSSR count). The van der Waals surface area contributed by atoms with E-state index in [0.717, 1.165) is 5.56 Å². The fourth-order valence-corrected chi connectivity index (χ4v) is 1.67. The number of halogens is 1. The Hall–Kier alpha value is -2.50. The largest absolute Gasteiger partial charge is 0.379 e. The summed E-state index contributed by atoms with van der Waals surface area (Å²) in [5.74, 6) is -0.276. The van der Waals surface area contributed by atoms with Crippen LogP contribution < -0.4 is 5.32 Å². The van der Waals surface area contributed by atoms with E-state index in [1.165, 1.54) is 24.5 Å². The van der Waals surface area contributed by atoms with E-state index >= 15 is 0 Å². The average Bonchev–Trinajstić information content (AvgIpc) is 2.41. The first kappa shape index (κ1) is 12.9. The highest BCUT2D eigenvalue weighted by Gasteiger charge is 2.12. The molecule has 0 spiro atoms. The summed E-state index contributed by atoms with van der Waals surface area (Å²) in [6, 6.07) is 7.73. The molecule has 1 heterocycles. The van der Waals surface area contributed by atoms with Crippen LogP contribution in [-0.4, -0.2) is 16.5 Å². The summed E-state index contributed by atoms with van der Waals surface area (Å²) in [5.41, 5.74) is 1.34. The van der Waals surface area contributed by atoms with Gasteiger partial charge >= 0.3 is 5.69 Å². The number of pyridine rings is 1. The molecule has 98 valence electrons. The quantitative estimate of drug-likeness (QED) is 0.663. The van der Waals surface area contributed by atoms with Gasteiger partial charge in [-0.2, -0.15) is 0 Å². The van der Waals surface area contributed by atoms with Crippen molar-refractivity contribution in [2.75, 3.05) is 11.9 Å². The number of hydrogen-bond acceptors (Lipinski definition) is 4. The molecule has 0 aliphatic heterocycles. The Morgan fingerprint density at radius 3 is 2.68 bits per heavy atom. The van der Waals surface area contributed by atoms with Crippen molar-refractivity contribution in [3.63, 3.8) is 0 Å². The highest BCUT2D eigenvalue weighted by Crippen LogP contribution is 2.21. The highest BCUT2D eigenvalue weighted by molar-refractivity contribution is 5.59. The minimum atomic E-state index is -0.479. The monoisotopic (exact) mass is 261 g/mol. The fraction of sp³-hybridized carbons (Fsp3) is 0.154. The Kier molecular flexibility index (Phi) is 4.02. The zero-order chi connectivity index (χ0) is 13.7. The summed E-state index contributed by atoms with van der Waals surface area (Å²) in [6.45, 7) is 0.524. The van der Waals surface area contributed by atoms with Crippen molar-refractivity contribution in [1.82, 2.24) is 4.98 Å². The van der Waals surface area contributed by atoms with Crippen LogP contribution in [0.25, 0.3) is 0 Å². The van der Waals surface area contributed by atoms with Gasteiger partial charge in [0.25, 0.3) is 0 Å². The van der Waals surface area contributed by atoms with Crippen molar-refractivity contribution in [3.8, 4) is 0 Å². The normalized spacial score (nSPS) is 10.2. The van der Waals surface area contributed by atoms with Crippen LogP contribution in [0, 0.1) is 15.9 Å². The first-order valence-corrected chi connectivity index (χ1v) is 5.73. The van der Waals surface area contributed by atoms with Gasteiger partial charge in [-0.25, -0.2) is 4.39 Å². The SMILES string of the molecule is O=[N+]([O-])c1cnccc1NCCc1ccc(F)cc1. The molecule has 0 saturated carbocycles. The lowest BCUT2D eigenvalue weighted by Gasteiger charge is -2.06. The van der Waals surface area contributed by atoms with Gasteiger partial charge in [0.05, 0.1) is 4.92 Å². The minimum Gasteiger partial charge on any atom is -0.379 e. The van der Waals surface area contributed by atoms with Crippen molar-refractivity contribution in [3.05, 3.63) is 64.2 Å². The minimum absolute atomic E-state index is 0.0541. The zero-order valence-electron chi connectivity index (χ0n) is 10.0. The lowest BCUT2D eigenvalue weighted by atomic mass is 10.1. The standard InChI is InChI=1S/C13H12FN3O2/c14-11-3-1-10(2-4-11)5-8-16-12-6-7-15-9-13(12)17(18)19/h1-4,6-7,9H,5,8H2,(H,15,16). The second-order valence-electron chi connectivity index (χ2n) is 3.95. The molecule has 0 amide bonds. The molecular formula is C13H12FN3O2. The number of benzene rings is 1.